The van der Waals surface area contributed by atoms with Crippen molar-refractivity contribution >= 4 is 32.4 Å². The number of aromatic nitrogens is 2. The van der Waals surface area contributed by atoms with Crippen molar-refractivity contribution in [2.24, 2.45) is 0 Å². The van der Waals surface area contributed by atoms with Crippen LogP contribution in [0.25, 0.3) is 0 Å². The predicted octanol–water partition coefficient (Wildman–Crippen LogP) is 2.93. The second-order valence-corrected chi connectivity index (χ2v) is 5.23. The average Bonchev–Trinajstić information content (AvgIpc) is 2.85. The Balaban J connectivity index is 2.10. The summed E-state index contributed by atoms with van der Waals surface area (Å²) >= 11 is 4.89. The highest BCUT2D eigenvalue weighted by Crippen LogP contribution is 2.35. The molecule has 0 atom stereocenters. The van der Waals surface area contributed by atoms with Crippen molar-refractivity contribution in [3.63, 3.8) is 0 Å². The van der Waals surface area contributed by atoms with E-state index >= 15 is 0 Å². The molecule has 0 amide bonds. The number of nitrogens with one attached hydrogen (secondary N) is 1. The molecule has 96 valence electrons. The standard InChI is InChI=1S/C11H12BrN3O2S/c1-13-11-15-14-9(18-11)6-17-10-7(12)4-3-5-8(10)16-2/h3-5H,6H2,1-2H3,(H,13,15). The molecular formula is C11H12BrN3O2S. The van der Waals surface area contributed by atoms with Gasteiger partial charge in [-0.3, -0.25) is 0 Å². The molecule has 1 aromatic heterocycles. The van der Waals surface area contributed by atoms with E-state index in [4.69, 9.17) is 9.47 Å². The minimum atomic E-state index is 0.359. The van der Waals surface area contributed by atoms with Gasteiger partial charge in [-0.25, -0.2) is 0 Å². The number of nitrogens with zero attached hydrogens (tertiary/aromatic N) is 2. The van der Waals surface area contributed by atoms with Crippen LogP contribution in [0.2, 0.25) is 0 Å². The summed E-state index contributed by atoms with van der Waals surface area (Å²) in [4.78, 5) is 0. The van der Waals surface area contributed by atoms with Crippen LogP contribution in [0.4, 0.5) is 5.13 Å². The van der Waals surface area contributed by atoms with Crippen molar-refractivity contribution in [3.8, 4) is 11.5 Å². The Morgan fingerprint density at radius 2 is 2.22 bits per heavy atom. The molecule has 2 rings (SSSR count). The summed E-state index contributed by atoms with van der Waals surface area (Å²) in [6, 6.07) is 5.63. The van der Waals surface area contributed by atoms with Crippen molar-refractivity contribution in [2.45, 2.75) is 6.61 Å². The van der Waals surface area contributed by atoms with E-state index in [1.54, 1.807) is 7.11 Å². The zero-order valence-electron chi connectivity index (χ0n) is 9.94. The van der Waals surface area contributed by atoms with Crippen molar-refractivity contribution < 1.29 is 9.47 Å². The van der Waals surface area contributed by atoms with Crippen LogP contribution in [0, 0.1) is 0 Å². The van der Waals surface area contributed by atoms with Gasteiger partial charge in [0.1, 0.15) is 6.61 Å². The summed E-state index contributed by atoms with van der Waals surface area (Å²) in [5.74, 6) is 1.35. The Hall–Kier alpha value is -1.34. The zero-order valence-corrected chi connectivity index (χ0v) is 12.3. The zero-order chi connectivity index (χ0) is 13.0. The van der Waals surface area contributed by atoms with E-state index in [0.717, 1.165) is 14.6 Å². The first-order chi connectivity index (χ1) is 8.74. The monoisotopic (exact) mass is 329 g/mol. The van der Waals surface area contributed by atoms with Gasteiger partial charge in [-0.1, -0.05) is 17.4 Å². The van der Waals surface area contributed by atoms with Crippen molar-refractivity contribution in [1.82, 2.24) is 10.2 Å². The average molecular weight is 330 g/mol. The molecule has 2 aromatic rings. The quantitative estimate of drug-likeness (QED) is 0.913. The molecule has 1 aromatic carbocycles. The van der Waals surface area contributed by atoms with Gasteiger partial charge in [0.15, 0.2) is 16.5 Å². The van der Waals surface area contributed by atoms with E-state index in [0.29, 0.717) is 18.1 Å². The van der Waals surface area contributed by atoms with E-state index in [1.807, 2.05) is 25.2 Å². The van der Waals surface area contributed by atoms with Crippen molar-refractivity contribution in [1.29, 1.82) is 0 Å². The van der Waals surface area contributed by atoms with Crippen LogP contribution >= 0.6 is 27.3 Å². The lowest BCUT2D eigenvalue weighted by Crippen LogP contribution is -1.98. The van der Waals surface area contributed by atoms with Crippen LogP contribution in [0.3, 0.4) is 0 Å². The topological polar surface area (TPSA) is 56.3 Å². The second kappa shape index (κ2) is 6.01. The van der Waals surface area contributed by atoms with E-state index in [2.05, 4.69) is 31.4 Å². The molecule has 0 bridgehead atoms. The van der Waals surface area contributed by atoms with Crippen LogP contribution in [-0.2, 0) is 6.61 Å². The number of para-hydroxylation sites is 1. The normalized spacial score (nSPS) is 10.2. The summed E-state index contributed by atoms with van der Waals surface area (Å²) in [5.41, 5.74) is 0. The lowest BCUT2D eigenvalue weighted by Gasteiger charge is -2.10. The largest absolute Gasteiger partial charge is 0.493 e. The van der Waals surface area contributed by atoms with Crippen LogP contribution < -0.4 is 14.8 Å². The van der Waals surface area contributed by atoms with Crippen molar-refractivity contribution in [2.75, 3.05) is 19.5 Å². The molecule has 0 spiro atoms. The number of anilines is 1. The molecule has 1 N–H and O–H groups in total. The molecule has 18 heavy (non-hydrogen) atoms. The fraction of sp³-hybridized carbons (Fsp3) is 0.273. The first-order valence-electron chi connectivity index (χ1n) is 5.20. The smallest absolute Gasteiger partial charge is 0.205 e. The van der Waals surface area contributed by atoms with E-state index in [1.165, 1.54) is 11.3 Å². The van der Waals surface area contributed by atoms with Gasteiger partial charge in [-0.15, -0.1) is 10.2 Å². The van der Waals surface area contributed by atoms with Gasteiger partial charge in [-0.2, -0.15) is 0 Å². The van der Waals surface area contributed by atoms with Crippen LogP contribution in [-0.4, -0.2) is 24.4 Å². The molecular weight excluding hydrogens is 318 g/mol. The minimum Gasteiger partial charge on any atom is -0.493 e. The van der Waals surface area contributed by atoms with E-state index in [-0.39, 0.29) is 0 Å². The Kier molecular flexibility index (Phi) is 4.38. The summed E-state index contributed by atoms with van der Waals surface area (Å²) in [6.45, 7) is 0.359. The molecule has 0 aliphatic carbocycles. The molecule has 0 aliphatic heterocycles. The highest BCUT2D eigenvalue weighted by molar-refractivity contribution is 9.10. The maximum absolute atomic E-state index is 5.71. The number of ether oxygens (including phenoxy) is 2. The maximum Gasteiger partial charge on any atom is 0.205 e. The summed E-state index contributed by atoms with van der Waals surface area (Å²) in [6.07, 6.45) is 0. The maximum atomic E-state index is 5.71. The lowest BCUT2D eigenvalue weighted by atomic mass is 10.3. The molecule has 0 unspecified atom stereocenters. The minimum absolute atomic E-state index is 0.359. The second-order valence-electron chi connectivity index (χ2n) is 3.31. The van der Waals surface area contributed by atoms with Gasteiger partial charge in [-0.05, 0) is 28.1 Å². The van der Waals surface area contributed by atoms with Gasteiger partial charge in [0.25, 0.3) is 0 Å². The fourth-order valence-electron chi connectivity index (χ4n) is 1.34. The van der Waals surface area contributed by atoms with Gasteiger partial charge in [0, 0.05) is 7.05 Å². The SMILES string of the molecule is CNc1nnc(COc2c(Br)cccc2OC)s1. The van der Waals surface area contributed by atoms with Gasteiger partial charge in [0.05, 0.1) is 11.6 Å². The number of halogens is 1. The van der Waals surface area contributed by atoms with Gasteiger partial charge >= 0.3 is 0 Å². The number of rotatable bonds is 5. The molecule has 7 heteroatoms. The van der Waals surface area contributed by atoms with Gasteiger partial charge < -0.3 is 14.8 Å². The highest BCUT2D eigenvalue weighted by atomic mass is 79.9. The summed E-state index contributed by atoms with van der Waals surface area (Å²) < 4.78 is 11.8. The van der Waals surface area contributed by atoms with E-state index < -0.39 is 0 Å². The predicted molar refractivity (Wildman–Crippen MR) is 74.5 cm³/mol. The number of benzene rings is 1. The molecule has 0 radical (unpaired) electrons. The fourth-order valence-corrected chi connectivity index (χ4v) is 2.41. The Morgan fingerprint density at radius 3 is 2.89 bits per heavy atom. The third-order valence-electron chi connectivity index (χ3n) is 2.17. The van der Waals surface area contributed by atoms with Crippen molar-refractivity contribution in [3.05, 3.63) is 27.7 Å². The summed E-state index contributed by atoms with van der Waals surface area (Å²) in [5, 5.41) is 12.5. The molecule has 0 fully saturated rings. The summed E-state index contributed by atoms with van der Waals surface area (Å²) in [7, 11) is 3.42. The molecule has 0 aliphatic rings. The molecule has 1 heterocycles. The highest BCUT2D eigenvalue weighted by Gasteiger charge is 2.10. The third kappa shape index (κ3) is 2.91. The number of methoxy groups -OCH3 is 1. The molecule has 0 saturated carbocycles. The molecule has 0 saturated heterocycles. The van der Waals surface area contributed by atoms with Crippen LogP contribution in [0.5, 0.6) is 11.5 Å². The van der Waals surface area contributed by atoms with Crippen LogP contribution in [0.15, 0.2) is 22.7 Å². The molecule has 5 nitrogen and oxygen atoms in total. The first-order valence-corrected chi connectivity index (χ1v) is 6.81. The van der Waals surface area contributed by atoms with Crippen LogP contribution in [0.1, 0.15) is 5.01 Å². The Morgan fingerprint density at radius 1 is 1.39 bits per heavy atom. The Labute approximate surface area is 117 Å². The first kappa shape index (κ1) is 13.1. The number of hydrogen-bond acceptors (Lipinski definition) is 6. The van der Waals surface area contributed by atoms with E-state index in [9.17, 15) is 0 Å². The lowest BCUT2D eigenvalue weighted by molar-refractivity contribution is 0.281. The number of hydrogen-bond donors (Lipinski definition) is 1. The Bertz CT molecular complexity index is 533. The van der Waals surface area contributed by atoms with Gasteiger partial charge in [0.2, 0.25) is 5.13 Å². The third-order valence-corrected chi connectivity index (χ3v) is 3.71.